The van der Waals surface area contributed by atoms with Gasteiger partial charge in [0.1, 0.15) is 0 Å². The maximum Gasteiger partial charge on any atom is 0.191 e. The Labute approximate surface area is 143 Å². The summed E-state index contributed by atoms with van der Waals surface area (Å²) in [7, 11) is -1.42. The van der Waals surface area contributed by atoms with Crippen LogP contribution in [0.15, 0.2) is 4.99 Å². The van der Waals surface area contributed by atoms with Gasteiger partial charge in [0.15, 0.2) is 15.8 Å². The molecule has 0 amide bonds. The second-order valence-electron chi connectivity index (χ2n) is 6.67. The summed E-state index contributed by atoms with van der Waals surface area (Å²) in [5.41, 5.74) is 0. The lowest BCUT2D eigenvalue weighted by molar-refractivity contribution is 0.292. The molecule has 0 spiro atoms. The molecule has 0 aliphatic rings. The third kappa shape index (κ3) is 8.55. The Hall–Kier alpha value is -0.820. The topological polar surface area (TPSA) is 73.8 Å². The van der Waals surface area contributed by atoms with E-state index in [0.29, 0.717) is 12.5 Å². The van der Waals surface area contributed by atoms with Crippen molar-refractivity contribution in [1.29, 1.82) is 0 Å². The van der Waals surface area contributed by atoms with E-state index in [-0.39, 0.29) is 6.04 Å². The highest BCUT2D eigenvalue weighted by molar-refractivity contribution is 7.92. The quantitative estimate of drug-likeness (QED) is 0.462. The second-order valence-corrected chi connectivity index (χ2v) is 9.32. The van der Waals surface area contributed by atoms with Crippen molar-refractivity contribution in [2.45, 2.75) is 58.2 Å². The smallest absolute Gasteiger partial charge is 0.191 e. The summed E-state index contributed by atoms with van der Waals surface area (Å²) in [6, 6.07) is 0.290. The first-order valence-corrected chi connectivity index (χ1v) is 10.4. The molecule has 0 aromatic rings. The lowest BCUT2D eigenvalue weighted by Gasteiger charge is -2.25. The van der Waals surface area contributed by atoms with E-state index < -0.39 is 14.6 Å². The third-order valence-electron chi connectivity index (χ3n) is 4.30. The van der Waals surface area contributed by atoms with Gasteiger partial charge in [0.25, 0.3) is 0 Å². The molecular weight excluding hydrogens is 312 g/mol. The van der Waals surface area contributed by atoms with Crippen molar-refractivity contribution in [1.82, 2.24) is 15.5 Å². The number of nitrogens with zero attached hydrogens (tertiary/aromatic N) is 2. The highest BCUT2D eigenvalue weighted by atomic mass is 32.2. The number of rotatable bonds is 10. The lowest BCUT2D eigenvalue weighted by Crippen LogP contribution is -2.49. The van der Waals surface area contributed by atoms with Crippen LogP contribution < -0.4 is 10.6 Å². The molecule has 1 unspecified atom stereocenters. The van der Waals surface area contributed by atoms with Crippen molar-refractivity contribution < 1.29 is 8.42 Å². The molecule has 138 valence electrons. The van der Waals surface area contributed by atoms with Crippen molar-refractivity contribution in [2.75, 3.05) is 39.5 Å². The van der Waals surface area contributed by atoms with Gasteiger partial charge >= 0.3 is 0 Å². The number of nitrogens with one attached hydrogen (secondary N) is 2. The minimum atomic E-state index is -3.12. The van der Waals surface area contributed by atoms with Gasteiger partial charge in [-0.1, -0.05) is 13.8 Å². The Morgan fingerprint density at radius 2 is 1.83 bits per heavy atom. The van der Waals surface area contributed by atoms with Crippen LogP contribution in [0.4, 0.5) is 0 Å². The zero-order valence-corrected chi connectivity index (χ0v) is 16.8. The highest BCUT2D eigenvalue weighted by Crippen LogP contribution is 2.13. The van der Waals surface area contributed by atoms with Gasteiger partial charge in [0, 0.05) is 25.9 Å². The van der Waals surface area contributed by atoms with Crippen molar-refractivity contribution in [3.8, 4) is 0 Å². The average Bonchev–Trinajstić information content (AvgIpc) is 2.46. The van der Waals surface area contributed by atoms with Crippen LogP contribution in [0, 0.1) is 0 Å². The first-order valence-electron chi connectivity index (χ1n) is 8.46. The zero-order chi connectivity index (χ0) is 18.1. The van der Waals surface area contributed by atoms with Gasteiger partial charge in [-0.3, -0.25) is 4.99 Å². The van der Waals surface area contributed by atoms with E-state index >= 15 is 0 Å². The predicted molar refractivity (Wildman–Crippen MR) is 99.9 cm³/mol. The van der Waals surface area contributed by atoms with Gasteiger partial charge < -0.3 is 15.5 Å². The average molecular weight is 349 g/mol. The third-order valence-corrected chi connectivity index (χ3v) is 6.45. The molecule has 0 fully saturated rings. The van der Waals surface area contributed by atoms with E-state index in [2.05, 4.69) is 41.3 Å². The number of guanidine groups is 1. The van der Waals surface area contributed by atoms with Crippen LogP contribution in [0.5, 0.6) is 0 Å². The molecule has 0 aromatic carbocycles. The Morgan fingerprint density at radius 3 is 2.26 bits per heavy atom. The molecule has 6 nitrogen and oxygen atoms in total. The van der Waals surface area contributed by atoms with E-state index in [1.165, 1.54) is 6.26 Å². The van der Waals surface area contributed by atoms with Gasteiger partial charge in [-0.2, -0.15) is 0 Å². The van der Waals surface area contributed by atoms with Crippen molar-refractivity contribution in [3.63, 3.8) is 0 Å². The fourth-order valence-corrected chi connectivity index (χ4v) is 2.42. The molecule has 7 heteroatoms. The minimum Gasteiger partial charge on any atom is -0.355 e. The zero-order valence-electron chi connectivity index (χ0n) is 15.9. The van der Waals surface area contributed by atoms with Gasteiger partial charge in [-0.25, -0.2) is 8.42 Å². The summed E-state index contributed by atoms with van der Waals surface area (Å²) in [5.74, 6) is 0.650. The number of hydrogen-bond acceptors (Lipinski definition) is 4. The Balaban J connectivity index is 4.29. The molecule has 0 heterocycles. The van der Waals surface area contributed by atoms with Crippen molar-refractivity contribution >= 4 is 15.8 Å². The monoisotopic (exact) mass is 348 g/mol. The minimum absolute atomic E-state index is 0.290. The van der Waals surface area contributed by atoms with E-state index in [0.717, 1.165) is 32.5 Å². The molecule has 0 aliphatic heterocycles. The maximum atomic E-state index is 11.7. The lowest BCUT2D eigenvalue weighted by atomic mass is 10.1. The first-order chi connectivity index (χ1) is 10.6. The highest BCUT2D eigenvalue weighted by Gasteiger charge is 2.30. The van der Waals surface area contributed by atoms with Crippen molar-refractivity contribution in [3.05, 3.63) is 0 Å². The second kappa shape index (κ2) is 10.1. The van der Waals surface area contributed by atoms with Crippen molar-refractivity contribution in [2.24, 2.45) is 4.99 Å². The molecule has 0 bridgehead atoms. The first kappa shape index (κ1) is 22.2. The molecule has 0 saturated carbocycles. The fourth-order valence-electron chi connectivity index (χ4n) is 2.09. The van der Waals surface area contributed by atoms with Gasteiger partial charge in [-0.15, -0.1) is 0 Å². The summed E-state index contributed by atoms with van der Waals surface area (Å²) in [6.07, 6.45) is 3.44. The molecule has 0 rings (SSSR count). The van der Waals surface area contributed by atoms with Crippen LogP contribution in [0.3, 0.4) is 0 Å². The van der Waals surface area contributed by atoms with Crippen LogP contribution >= 0.6 is 0 Å². The number of aliphatic imine (C=N–C) groups is 1. The van der Waals surface area contributed by atoms with Crippen LogP contribution in [-0.4, -0.2) is 69.5 Å². The molecule has 0 aromatic heterocycles. The Morgan fingerprint density at radius 1 is 1.26 bits per heavy atom. The summed E-state index contributed by atoms with van der Waals surface area (Å²) in [6.45, 7) is 13.5. The Bertz CT molecular complexity index is 457. The summed E-state index contributed by atoms with van der Waals surface area (Å²) < 4.78 is 22.6. The van der Waals surface area contributed by atoms with Gasteiger partial charge in [0.2, 0.25) is 0 Å². The SMILES string of the molecule is CCN(CC)CCCC(C)NC(=NC)NCC(C)(C)S(C)(=O)=O. The van der Waals surface area contributed by atoms with E-state index in [1.807, 2.05) is 0 Å². The normalized spacial score (nSPS) is 14.9. The Kier molecular flexibility index (Phi) is 9.77. The maximum absolute atomic E-state index is 11.7. The van der Waals surface area contributed by atoms with Crippen LogP contribution in [0.25, 0.3) is 0 Å². The summed E-state index contributed by atoms with van der Waals surface area (Å²) >= 11 is 0. The molecular formula is C16H36N4O2S. The number of hydrogen-bond donors (Lipinski definition) is 2. The summed E-state index contributed by atoms with van der Waals surface area (Å²) in [4.78, 5) is 6.59. The number of sulfone groups is 1. The van der Waals surface area contributed by atoms with Crippen LogP contribution in [-0.2, 0) is 9.84 Å². The standard InChI is InChI=1S/C16H36N4O2S/c1-8-20(9-2)12-10-11-14(3)19-15(17-6)18-13-16(4,5)23(7,21)22/h14H,8-13H2,1-7H3,(H2,17,18,19). The predicted octanol–water partition coefficient (Wildman–Crippen LogP) is 1.49. The molecule has 0 radical (unpaired) electrons. The molecule has 23 heavy (non-hydrogen) atoms. The van der Waals surface area contributed by atoms with Gasteiger partial charge in [-0.05, 0) is 53.2 Å². The van der Waals surface area contributed by atoms with Crippen LogP contribution in [0.1, 0.15) is 47.5 Å². The molecule has 2 N–H and O–H groups in total. The molecule has 0 saturated heterocycles. The van der Waals surface area contributed by atoms with E-state index in [9.17, 15) is 8.42 Å². The van der Waals surface area contributed by atoms with Crippen LogP contribution in [0.2, 0.25) is 0 Å². The molecule has 1 atom stereocenters. The van der Waals surface area contributed by atoms with E-state index in [4.69, 9.17) is 0 Å². The fraction of sp³-hybridized carbons (Fsp3) is 0.938. The summed E-state index contributed by atoms with van der Waals surface area (Å²) in [5, 5.41) is 6.44. The molecule has 0 aliphatic carbocycles. The van der Waals surface area contributed by atoms with E-state index in [1.54, 1.807) is 20.9 Å². The van der Waals surface area contributed by atoms with Gasteiger partial charge in [0.05, 0.1) is 4.75 Å². The largest absolute Gasteiger partial charge is 0.355 e.